The molecule has 6 nitrogen and oxygen atoms in total. The fourth-order valence-electron chi connectivity index (χ4n) is 7.02. The number of aliphatic hydroxyl groups is 2. The third-order valence-electron chi connectivity index (χ3n) is 10.7. The highest BCUT2D eigenvalue weighted by Crippen LogP contribution is 2.15. The summed E-state index contributed by atoms with van der Waals surface area (Å²) < 4.78 is 5.43. The van der Waals surface area contributed by atoms with Gasteiger partial charge in [0.1, 0.15) is 0 Å². The number of hydrogen-bond donors (Lipinski definition) is 3. The van der Waals surface area contributed by atoms with Crippen LogP contribution in [0.4, 0.5) is 0 Å². The number of esters is 1. The van der Waals surface area contributed by atoms with Crippen molar-refractivity contribution in [3.8, 4) is 0 Å². The van der Waals surface area contributed by atoms with E-state index in [0.717, 1.165) is 64.2 Å². The van der Waals surface area contributed by atoms with Crippen molar-refractivity contribution in [1.29, 1.82) is 0 Å². The Bertz CT molecular complexity index is 843. The van der Waals surface area contributed by atoms with Gasteiger partial charge in [-0.2, -0.15) is 0 Å². The van der Waals surface area contributed by atoms with E-state index < -0.39 is 12.1 Å². The summed E-state index contributed by atoms with van der Waals surface area (Å²) in [4.78, 5) is 24.3. The first kappa shape index (κ1) is 52.3. The van der Waals surface area contributed by atoms with Gasteiger partial charge in [0.15, 0.2) is 0 Å². The molecule has 0 aromatic heterocycles. The molecular weight excluding hydrogens is 671 g/mol. The Kier molecular flexibility index (Phi) is 42.7. The number of nitrogens with one attached hydrogen (secondary N) is 1. The summed E-state index contributed by atoms with van der Waals surface area (Å²) in [6.45, 7) is 4.86. The zero-order valence-electron chi connectivity index (χ0n) is 36.0. The Morgan fingerprint density at radius 2 is 0.889 bits per heavy atom. The molecule has 54 heavy (non-hydrogen) atoms. The van der Waals surface area contributed by atoms with E-state index in [2.05, 4.69) is 43.5 Å². The maximum atomic E-state index is 12.4. The summed E-state index contributed by atoms with van der Waals surface area (Å²) in [5.41, 5.74) is 0. The van der Waals surface area contributed by atoms with E-state index in [1.165, 1.54) is 148 Å². The summed E-state index contributed by atoms with van der Waals surface area (Å²) in [5, 5.41) is 23.1. The largest absolute Gasteiger partial charge is 0.466 e. The molecular formula is C48H91NO5. The SMILES string of the molecule is CCCC/C=C\CCCCCCCC(=O)OCCCCCCCCC/C=C\CCCCCCCC(=O)NC(CO)C(O)CCCCCCCCCCCC. The Morgan fingerprint density at radius 3 is 1.37 bits per heavy atom. The van der Waals surface area contributed by atoms with Crippen LogP contribution < -0.4 is 5.32 Å². The average molecular weight is 762 g/mol. The molecule has 0 spiro atoms. The third kappa shape index (κ3) is 40.0. The van der Waals surface area contributed by atoms with Gasteiger partial charge in [-0.15, -0.1) is 0 Å². The normalized spacial score (nSPS) is 12.9. The second-order valence-electron chi connectivity index (χ2n) is 16.1. The van der Waals surface area contributed by atoms with Crippen molar-refractivity contribution in [3.63, 3.8) is 0 Å². The number of allylic oxidation sites excluding steroid dienone is 4. The van der Waals surface area contributed by atoms with Crippen molar-refractivity contribution in [2.24, 2.45) is 0 Å². The van der Waals surface area contributed by atoms with Gasteiger partial charge < -0.3 is 20.3 Å². The van der Waals surface area contributed by atoms with Crippen LogP contribution in [-0.2, 0) is 14.3 Å². The van der Waals surface area contributed by atoms with E-state index in [9.17, 15) is 19.8 Å². The fraction of sp³-hybridized carbons (Fsp3) is 0.875. The fourth-order valence-corrected chi connectivity index (χ4v) is 7.02. The van der Waals surface area contributed by atoms with Gasteiger partial charge in [-0.3, -0.25) is 9.59 Å². The number of carbonyl (C=O) groups is 2. The van der Waals surface area contributed by atoms with E-state index >= 15 is 0 Å². The van der Waals surface area contributed by atoms with Crippen molar-refractivity contribution >= 4 is 11.9 Å². The Labute approximate surface area is 335 Å². The molecule has 318 valence electrons. The molecule has 0 rings (SSSR count). The number of amides is 1. The van der Waals surface area contributed by atoms with Gasteiger partial charge in [-0.05, 0) is 70.6 Å². The molecule has 0 heterocycles. The number of hydrogen-bond acceptors (Lipinski definition) is 5. The molecule has 6 heteroatoms. The van der Waals surface area contributed by atoms with E-state index in [1.807, 2.05) is 0 Å². The Hall–Kier alpha value is -1.66. The van der Waals surface area contributed by atoms with Crippen LogP contribution in [-0.4, -0.2) is 47.4 Å². The molecule has 0 aliphatic heterocycles. The van der Waals surface area contributed by atoms with Crippen LogP contribution >= 0.6 is 0 Å². The van der Waals surface area contributed by atoms with Crippen LogP contribution in [0.3, 0.4) is 0 Å². The summed E-state index contributed by atoms with van der Waals surface area (Å²) in [5.74, 6) is -0.0698. The third-order valence-corrected chi connectivity index (χ3v) is 10.7. The number of unbranched alkanes of at least 4 members (excludes halogenated alkanes) is 28. The van der Waals surface area contributed by atoms with Gasteiger partial charge in [-0.1, -0.05) is 186 Å². The first-order valence-electron chi connectivity index (χ1n) is 23.6. The van der Waals surface area contributed by atoms with E-state index in [1.54, 1.807) is 0 Å². The van der Waals surface area contributed by atoms with Crippen molar-refractivity contribution in [1.82, 2.24) is 5.32 Å². The molecule has 0 aliphatic carbocycles. The van der Waals surface area contributed by atoms with Crippen molar-refractivity contribution < 1.29 is 24.5 Å². The van der Waals surface area contributed by atoms with Crippen molar-refractivity contribution in [2.75, 3.05) is 13.2 Å². The molecule has 1 amide bonds. The minimum absolute atomic E-state index is 0.0147. The van der Waals surface area contributed by atoms with Crippen LogP contribution in [0.1, 0.15) is 245 Å². The first-order chi connectivity index (χ1) is 26.5. The summed E-state index contributed by atoms with van der Waals surface area (Å²) in [6, 6.07) is -0.551. The topological polar surface area (TPSA) is 95.9 Å². The molecule has 0 aromatic rings. The van der Waals surface area contributed by atoms with Crippen LogP contribution in [0, 0.1) is 0 Å². The highest BCUT2D eigenvalue weighted by molar-refractivity contribution is 5.76. The molecule has 0 aliphatic rings. The number of carbonyl (C=O) groups excluding carboxylic acids is 2. The van der Waals surface area contributed by atoms with Gasteiger partial charge >= 0.3 is 5.97 Å². The maximum absolute atomic E-state index is 12.4. The highest BCUT2D eigenvalue weighted by atomic mass is 16.5. The van der Waals surface area contributed by atoms with E-state index in [4.69, 9.17) is 4.74 Å². The van der Waals surface area contributed by atoms with E-state index in [0.29, 0.717) is 25.9 Å². The molecule has 0 fully saturated rings. The minimum atomic E-state index is -0.672. The first-order valence-corrected chi connectivity index (χ1v) is 23.6. The molecule has 2 unspecified atom stereocenters. The standard InChI is InChI=1S/C48H91NO5/c1-3-5-7-9-11-13-21-26-30-34-38-42-48(53)54-43-39-35-31-27-23-20-18-16-15-17-19-22-25-29-33-37-41-47(52)49-45(44-50)46(51)40-36-32-28-24-14-12-10-8-6-4-2/h9,11,15,17,45-46,50-51H,3-8,10,12-14,16,18-44H2,1-2H3,(H,49,52)/b11-9-,17-15-. The van der Waals surface area contributed by atoms with Gasteiger partial charge in [0, 0.05) is 12.8 Å². The van der Waals surface area contributed by atoms with Crippen molar-refractivity contribution in [2.45, 2.75) is 257 Å². The van der Waals surface area contributed by atoms with Crippen LogP contribution in [0.2, 0.25) is 0 Å². The molecule has 0 bridgehead atoms. The second kappa shape index (κ2) is 44.1. The zero-order chi connectivity index (χ0) is 39.4. The lowest BCUT2D eigenvalue weighted by Gasteiger charge is -2.22. The highest BCUT2D eigenvalue weighted by Gasteiger charge is 2.20. The lowest BCUT2D eigenvalue weighted by atomic mass is 10.0. The van der Waals surface area contributed by atoms with Crippen LogP contribution in [0.15, 0.2) is 24.3 Å². The molecule has 0 saturated carbocycles. The lowest BCUT2D eigenvalue weighted by molar-refractivity contribution is -0.143. The predicted octanol–water partition coefficient (Wildman–Crippen LogP) is 13.6. The molecule has 0 radical (unpaired) electrons. The average Bonchev–Trinajstić information content (AvgIpc) is 3.17. The quantitative estimate of drug-likeness (QED) is 0.0327. The summed E-state index contributed by atoms with van der Waals surface area (Å²) >= 11 is 0. The monoisotopic (exact) mass is 762 g/mol. The van der Waals surface area contributed by atoms with Crippen LogP contribution in [0.5, 0.6) is 0 Å². The number of ether oxygens (including phenoxy) is 1. The van der Waals surface area contributed by atoms with Gasteiger partial charge in [-0.25, -0.2) is 0 Å². The number of aliphatic hydroxyl groups excluding tert-OH is 2. The Balaban J connectivity index is 3.47. The van der Waals surface area contributed by atoms with Crippen molar-refractivity contribution in [3.05, 3.63) is 24.3 Å². The summed E-state index contributed by atoms with van der Waals surface area (Å²) in [7, 11) is 0. The predicted molar refractivity (Wildman–Crippen MR) is 232 cm³/mol. The number of rotatable bonds is 43. The lowest BCUT2D eigenvalue weighted by Crippen LogP contribution is -2.45. The van der Waals surface area contributed by atoms with Crippen LogP contribution in [0.25, 0.3) is 0 Å². The second-order valence-corrected chi connectivity index (χ2v) is 16.1. The molecule has 2 atom stereocenters. The minimum Gasteiger partial charge on any atom is -0.466 e. The molecule has 3 N–H and O–H groups in total. The smallest absolute Gasteiger partial charge is 0.305 e. The summed E-state index contributed by atoms with van der Waals surface area (Å²) in [6.07, 6.45) is 50.0. The molecule has 0 saturated heterocycles. The van der Waals surface area contributed by atoms with E-state index in [-0.39, 0.29) is 18.5 Å². The van der Waals surface area contributed by atoms with Gasteiger partial charge in [0.2, 0.25) is 5.91 Å². The molecule has 0 aromatic carbocycles. The zero-order valence-corrected chi connectivity index (χ0v) is 36.0. The van der Waals surface area contributed by atoms with Gasteiger partial charge in [0.25, 0.3) is 0 Å². The maximum Gasteiger partial charge on any atom is 0.305 e. The van der Waals surface area contributed by atoms with Gasteiger partial charge in [0.05, 0.1) is 25.4 Å². The Morgan fingerprint density at radius 1 is 0.500 bits per heavy atom.